The van der Waals surface area contributed by atoms with E-state index in [0.29, 0.717) is 23.7 Å². The SMILES string of the molecule is Cc1nccc(CNc2cc(N)cc(S(N)(=O)=O)c2)n1. The first-order valence-corrected chi connectivity index (χ1v) is 7.35. The number of anilines is 2. The molecule has 0 aliphatic carbocycles. The minimum Gasteiger partial charge on any atom is -0.399 e. The Morgan fingerprint density at radius 2 is 2.05 bits per heavy atom. The van der Waals surface area contributed by atoms with Crippen molar-refractivity contribution < 1.29 is 8.42 Å². The lowest BCUT2D eigenvalue weighted by Crippen LogP contribution is -2.13. The number of hydrogen-bond donors (Lipinski definition) is 3. The molecule has 5 N–H and O–H groups in total. The van der Waals surface area contributed by atoms with E-state index in [2.05, 4.69) is 15.3 Å². The number of aryl methyl sites for hydroxylation is 1. The molecule has 1 aromatic carbocycles. The van der Waals surface area contributed by atoms with Gasteiger partial charge in [0.15, 0.2) is 0 Å². The number of primary sulfonamides is 1. The smallest absolute Gasteiger partial charge is 0.238 e. The topological polar surface area (TPSA) is 124 Å². The van der Waals surface area contributed by atoms with Crippen LogP contribution in [0.25, 0.3) is 0 Å². The Morgan fingerprint density at radius 3 is 2.70 bits per heavy atom. The van der Waals surface area contributed by atoms with Crippen LogP contribution in [0, 0.1) is 6.92 Å². The summed E-state index contributed by atoms with van der Waals surface area (Å²) in [6.45, 7) is 2.22. The highest BCUT2D eigenvalue weighted by molar-refractivity contribution is 7.89. The minimum atomic E-state index is -3.78. The highest BCUT2D eigenvalue weighted by Crippen LogP contribution is 2.20. The average molecular weight is 293 g/mol. The molecule has 1 aromatic heterocycles. The predicted molar refractivity (Wildman–Crippen MR) is 76.3 cm³/mol. The first-order chi connectivity index (χ1) is 9.34. The van der Waals surface area contributed by atoms with Crippen LogP contribution >= 0.6 is 0 Å². The van der Waals surface area contributed by atoms with E-state index in [1.807, 2.05) is 0 Å². The van der Waals surface area contributed by atoms with Crippen LogP contribution in [0.2, 0.25) is 0 Å². The largest absolute Gasteiger partial charge is 0.399 e. The zero-order valence-electron chi connectivity index (χ0n) is 10.9. The van der Waals surface area contributed by atoms with Crippen LogP contribution in [0.1, 0.15) is 11.5 Å². The summed E-state index contributed by atoms with van der Waals surface area (Å²) in [5.41, 5.74) is 7.33. The number of nitrogens with two attached hydrogens (primary N) is 2. The van der Waals surface area contributed by atoms with Gasteiger partial charge >= 0.3 is 0 Å². The summed E-state index contributed by atoms with van der Waals surface area (Å²) in [6.07, 6.45) is 1.66. The average Bonchev–Trinajstić information content (AvgIpc) is 2.35. The van der Waals surface area contributed by atoms with E-state index < -0.39 is 10.0 Å². The predicted octanol–water partition coefficient (Wildman–Crippen LogP) is 0.627. The normalized spacial score (nSPS) is 11.3. The molecule has 8 heteroatoms. The highest BCUT2D eigenvalue weighted by Gasteiger charge is 2.10. The molecule has 0 aliphatic rings. The minimum absolute atomic E-state index is 0.0288. The molecule has 0 aliphatic heterocycles. The Hall–Kier alpha value is -2.19. The van der Waals surface area contributed by atoms with Crippen molar-refractivity contribution in [2.45, 2.75) is 18.4 Å². The summed E-state index contributed by atoms with van der Waals surface area (Å²) >= 11 is 0. The molecule has 0 spiro atoms. The molecule has 1 heterocycles. The van der Waals surface area contributed by atoms with E-state index in [4.69, 9.17) is 10.9 Å². The number of nitrogens with one attached hydrogen (secondary N) is 1. The van der Waals surface area contributed by atoms with E-state index in [1.165, 1.54) is 12.1 Å². The maximum Gasteiger partial charge on any atom is 0.238 e. The van der Waals surface area contributed by atoms with Gasteiger partial charge in [-0.25, -0.2) is 23.5 Å². The fourth-order valence-corrected chi connectivity index (χ4v) is 2.28. The van der Waals surface area contributed by atoms with E-state index in [0.717, 1.165) is 5.69 Å². The van der Waals surface area contributed by atoms with Crippen molar-refractivity contribution in [1.29, 1.82) is 0 Å². The van der Waals surface area contributed by atoms with Crippen LogP contribution < -0.4 is 16.2 Å². The molecule has 0 saturated heterocycles. The second-order valence-electron chi connectivity index (χ2n) is 4.28. The molecule has 0 fully saturated rings. The lowest BCUT2D eigenvalue weighted by atomic mass is 10.2. The lowest BCUT2D eigenvalue weighted by Gasteiger charge is -2.09. The van der Waals surface area contributed by atoms with Gasteiger partial charge in [0, 0.05) is 17.6 Å². The van der Waals surface area contributed by atoms with Crippen molar-refractivity contribution in [3.05, 3.63) is 42.0 Å². The quantitative estimate of drug-likeness (QED) is 0.710. The fraction of sp³-hybridized carbons (Fsp3) is 0.167. The molecule has 106 valence electrons. The van der Waals surface area contributed by atoms with Crippen LogP contribution in [-0.4, -0.2) is 18.4 Å². The first-order valence-electron chi connectivity index (χ1n) is 5.80. The van der Waals surface area contributed by atoms with Crippen LogP contribution in [0.4, 0.5) is 11.4 Å². The van der Waals surface area contributed by atoms with Gasteiger partial charge in [-0.3, -0.25) is 0 Å². The van der Waals surface area contributed by atoms with Gasteiger partial charge in [-0.1, -0.05) is 0 Å². The van der Waals surface area contributed by atoms with Crippen molar-refractivity contribution in [3.63, 3.8) is 0 Å². The monoisotopic (exact) mass is 293 g/mol. The van der Waals surface area contributed by atoms with Gasteiger partial charge in [0.2, 0.25) is 10.0 Å². The summed E-state index contributed by atoms with van der Waals surface area (Å²) in [4.78, 5) is 8.21. The Labute approximate surface area is 117 Å². The van der Waals surface area contributed by atoms with Crippen LogP contribution in [0.3, 0.4) is 0 Å². The molecular weight excluding hydrogens is 278 g/mol. The van der Waals surface area contributed by atoms with Crippen molar-refractivity contribution in [1.82, 2.24) is 9.97 Å². The summed E-state index contributed by atoms with van der Waals surface area (Å²) in [7, 11) is -3.78. The second kappa shape index (κ2) is 5.43. The zero-order valence-corrected chi connectivity index (χ0v) is 11.7. The second-order valence-corrected chi connectivity index (χ2v) is 5.85. The standard InChI is InChI=1S/C12H15N5O2S/c1-8-15-3-2-10(17-8)7-16-11-4-9(13)5-12(6-11)20(14,18)19/h2-6,16H,7,13H2,1H3,(H2,14,18,19). The van der Waals surface area contributed by atoms with Crippen molar-refractivity contribution in [2.24, 2.45) is 5.14 Å². The summed E-state index contributed by atoms with van der Waals surface area (Å²) in [6, 6.07) is 6.14. The highest BCUT2D eigenvalue weighted by atomic mass is 32.2. The van der Waals surface area contributed by atoms with E-state index >= 15 is 0 Å². The maximum absolute atomic E-state index is 11.3. The van der Waals surface area contributed by atoms with Crippen LogP contribution in [-0.2, 0) is 16.6 Å². The van der Waals surface area contributed by atoms with E-state index in [-0.39, 0.29) is 4.90 Å². The molecule has 0 radical (unpaired) electrons. The maximum atomic E-state index is 11.3. The molecule has 0 saturated carbocycles. The molecule has 7 nitrogen and oxygen atoms in total. The molecule has 0 atom stereocenters. The molecule has 20 heavy (non-hydrogen) atoms. The number of nitrogens with zero attached hydrogens (tertiary/aromatic N) is 2. The molecule has 2 aromatic rings. The third-order valence-electron chi connectivity index (χ3n) is 2.56. The van der Waals surface area contributed by atoms with Crippen molar-refractivity contribution in [2.75, 3.05) is 11.1 Å². The van der Waals surface area contributed by atoms with Gasteiger partial charge in [0.1, 0.15) is 5.82 Å². The molecule has 0 amide bonds. The number of aromatic nitrogens is 2. The molecule has 2 rings (SSSR count). The molecule has 0 unspecified atom stereocenters. The van der Waals surface area contributed by atoms with Gasteiger partial charge in [0.05, 0.1) is 17.1 Å². The van der Waals surface area contributed by atoms with Gasteiger partial charge in [-0.15, -0.1) is 0 Å². The zero-order chi connectivity index (χ0) is 14.8. The number of sulfonamides is 1. The van der Waals surface area contributed by atoms with E-state index in [1.54, 1.807) is 25.3 Å². The van der Waals surface area contributed by atoms with E-state index in [9.17, 15) is 8.42 Å². The van der Waals surface area contributed by atoms with Crippen molar-refractivity contribution in [3.8, 4) is 0 Å². The number of nitrogen functional groups attached to an aromatic ring is 1. The number of benzene rings is 1. The van der Waals surface area contributed by atoms with Crippen LogP contribution in [0.5, 0.6) is 0 Å². The van der Waals surface area contributed by atoms with Gasteiger partial charge in [-0.2, -0.15) is 0 Å². The van der Waals surface area contributed by atoms with Gasteiger partial charge in [-0.05, 0) is 31.2 Å². The summed E-state index contributed by atoms with van der Waals surface area (Å²) < 4.78 is 22.7. The number of rotatable bonds is 4. The third kappa shape index (κ3) is 3.65. The molecule has 0 bridgehead atoms. The Kier molecular flexibility index (Phi) is 3.86. The lowest BCUT2D eigenvalue weighted by molar-refractivity contribution is 0.598. The van der Waals surface area contributed by atoms with Gasteiger partial charge in [0.25, 0.3) is 0 Å². The Morgan fingerprint density at radius 1 is 1.30 bits per heavy atom. The summed E-state index contributed by atoms with van der Waals surface area (Å²) in [5.74, 6) is 0.669. The van der Waals surface area contributed by atoms with Gasteiger partial charge < -0.3 is 11.1 Å². The fourth-order valence-electron chi connectivity index (χ4n) is 1.68. The Balaban J connectivity index is 2.20. The third-order valence-corrected chi connectivity index (χ3v) is 3.46. The van der Waals surface area contributed by atoms with Crippen LogP contribution in [0.15, 0.2) is 35.4 Å². The van der Waals surface area contributed by atoms with Crippen molar-refractivity contribution >= 4 is 21.4 Å². The first kappa shape index (κ1) is 14.2. The summed E-state index contributed by atoms with van der Waals surface area (Å²) in [5, 5.41) is 8.14. The Bertz CT molecular complexity index is 730. The molecular formula is C12H15N5O2S. The number of hydrogen-bond acceptors (Lipinski definition) is 6.